The van der Waals surface area contributed by atoms with Crippen molar-refractivity contribution >= 4 is 0 Å². The van der Waals surface area contributed by atoms with E-state index in [9.17, 15) is 0 Å². The molecule has 4 heteroatoms. The highest BCUT2D eigenvalue weighted by Gasteiger charge is 2.57. The second-order valence-electron chi connectivity index (χ2n) is 7.63. The molecule has 3 rings (SSSR count). The van der Waals surface area contributed by atoms with Gasteiger partial charge in [0.15, 0.2) is 0 Å². The summed E-state index contributed by atoms with van der Waals surface area (Å²) in [4.78, 5) is 2.59. The predicted molar refractivity (Wildman–Crippen MR) is 84.5 cm³/mol. The molecule has 0 spiro atoms. The molecule has 3 fully saturated rings. The number of fused-ring (bicyclic) bond motifs is 1. The van der Waals surface area contributed by atoms with Crippen LogP contribution in [0.1, 0.15) is 39.5 Å². The Morgan fingerprint density at radius 1 is 1.29 bits per heavy atom. The average molecular weight is 296 g/mol. The Morgan fingerprint density at radius 3 is 2.95 bits per heavy atom. The fourth-order valence-corrected chi connectivity index (χ4v) is 4.83. The van der Waals surface area contributed by atoms with Crippen LogP contribution >= 0.6 is 0 Å². The highest BCUT2D eigenvalue weighted by molar-refractivity contribution is 5.10. The minimum absolute atomic E-state index is 0.293. The lowest BCUT2D eigenvalue weighted by atomic mass is 9.55. The normalized spacial score (nSPS) is 39.0. The number of methoxy groups -OCH3 is 1. The summed E-state index contributed by atoms with van der Waals surface area (Å²) >= 11 is 0. The third-order valence-electron chi connectivity index (χ3n) is 5.99. The topological polar surface area (TPSA) is 33.7 Å². The van der Waals surface area contributed by atoms with Crippen molar-refractivity contribution in [3.05, 3.63) is 0 Å². The number of hydrogen-bond acceptors (Lipinski definition) is 4. The molecular weight excluding hydrogens is 264 g/mol. The Hall–Kier alpha value is -0.160. The van der Waals surface area contributed by atoms with E-state index in [1.165, 1.54) is 32.2 Å². The van der Waals surface area contributed by atoms with E-state index in [0.29, 0.717) is 23.6 Å². The molecule has 2 aliphatic heterocycles. The molecule has 0 unspecified atom stereocenters. The molecule has 0 aromatic heterocycles. The molecule has 122 valence electrons. The summed E-state index contributed by atoms with van der Waals surface area (Å²) in [6.07, 6.45) is 5.72. The van der Waals surface area contributed by atoms with Crippen molar-refractivity contribution in [2.24, 2.45) is 11.3 Å². The van der Waals surface area contributed by atoms with Gasteiger partial charge in [-0.25, -0.2) is 0 Å². The van der Waals surface area contributed by atoms with Crippen molar-refractivity contribution < 1.29 is 9.47 Å². The molecule has 0 amide bonds. The van der Waals surface area contributed by atoms with Crippen LogP contribution < -0.4 is 5.32 Å². The average Bonchev–Trinajstić information content (AvgIpc) is 2.92. The zero-order valence-corrected chi connectivity index (χ0v) is 13.9. The van der Waals surface area contributed by atoms with Gasteiger partial charge < -0.3 is 14.8 Å². The Balaban J connectivity index is 1.50. The van der Waals surface area contributed by atoms with Gasteiger partial charge in [0.1, 0.15) is 0 Å². The molecule has 21 heavy (non-hydrogen) atoms. The number of likely N-dealkylation sites (tertiary alicyclic amines) is 1. The van der Waals surface area contributed by atoms with Gasteiger partial charge >= 0.3 is 0 Å². The van der Waals surface area contributed by atoms with Crippen molar-refractivity contribution in [1.29, 1.82) is 0 Å². The van der Waals surface area contributed by atoms with E-state index in [2.05, 4.69) is 24.1 Å². The van der Waals surface area contributed by atoms with E-state index in [1.54, 1.807) is 7.11 Å². The van der Waals surface area contributed by atoms with E-state index in [1.807, 2.05) is 0 Å². The molecule has 0 radical (unpaired) electrons. The highest BCUT2D eigenvalue weighted by Crippen LogP contribution is 2.51. The zero-order valence-electron chi connectivity index (χ0n) is 13.9. The molecule has 1 saturated carbocycles. The van der Waals surface area contributed by atoms with Crippen molar-refractivity contribution in [3.63, 3.8) is 0 Å². The standard InChI is InChI=1S/C17H32N2O2/c1-17(2)15(14-7-5-10-21-16(14)17)18-12-13-6-4-8-19(13)9-11-20-3/h13-16,18H,4-12H2,1-3H3/t13-,14-,15-,16+/m1/s1. The summed E-state index contributed by atoms with van der Waals surface area (Å²) in [5, 5.41) is 3.89. The fraction of sp³-hybridized carbons (Fsp3) is 1.00. The maximum atomic E-state index is 6.00. The van der Waals surface area contributed by atoms with Crippen LogP contribution in [0.3, 0.4) is 0 Å². The Bertz CT molecular complexity index is 348. The van der Waals surface area contributed by atoms with Gasteiger partial charge in [0.2, 0.25) is 0 Å². The molecule has 1 N–H and O–H groups in total. The SMILES string of the molecule is COCCN1CCC[C@@H]1CN[C@@H]1[C@H]2CCCO[C@@H]2C1(C)C. The van der Waals surface area contributed by atoms with Crippen molar-refractivity contribution in [1.82, 2.24) is 10.2 Å². The summed E-state index contributed by atoms with van der Waals surface area (Å²) in [5.74, 6) is 0.738. The van der Waals surface area contributed by atoms with Gasteiger partial charge in [0, 0.05) is 50.2 Å². The second kappa shape index (κ2) is 6.53. The summed E-state index contributed by atoms with van der Waals surface area (Å²) < 4.78 is 11.2. The van der Waals surface area contributed by atoms with E-state index >= 15 is 0 Å². The Kier molecular flexibility index (Phi) is 4.89. The maximum Gasteiger partial charge on any atom is 0.0684 e. The van der Waals surface area contributed by atoms with Crippen LogP contribution in [-0.2, 0) is 9.47 Å². The third kappa shape index (κ3) is 3.00. The summed E-state index contributed by atoms with van der Waals surface area (Å²) in [7, 11) is 1.80. The van der Waals surface area contributed by atoms with Crippen molar-refractivity contribution in [3.8, 4) is 0 Å². The van der Waals surface area contributed by atoms with Crippen LogP contribution in [0.5, 0.6) is 0 Å². The lowest BCUT2D eigenvalue weighted by Crippen LogP contribution is -2.70. The van der Waals surface area contributed by atoms with Crippen LogP contribution in [0.2, 0.25) is 0 Å². The second-order valence-corrected chi connectivity index (χ2v) is 7.63. The van der Waals surface area contributed by atoms with Gasteiger partial charge in [0.25, 0.3) is 0 Å². The highest BCUT2D eigenvalue weighted by atomic mass is 16.5. The minimum Gasteiger partial charge on any atom is -0.383 e. The van der Waals surface area contributed by atoms with E-state index in [0.717, 1.165) is 32.2 Å². The van der Waals surface area contributed by atoms with Crippen LogP contribution in [0.25, 0.3) is 0 Å². The van der Waals surface area contributed by atoms with Gasteiger partial charge in [0.05, 0.1) is 12.7 Å². The van der Waals surface area contributed by atoms with Crippen LogP contribution in [0.15, 0.2) is 0 Å². The monoisotopic (exact) mass is 296 g/mol. The van der Waals surface area contributed by atoms with Crippen LogP contribution in [0.4, 0.5) is 0 Å². The summed E-state index contributed by atoms with van der Waals surface area (Å²) in [6.45, 7) is 9.99. The van der Waals surface area contributed by atoms with E-state index in [4.69, 9.17) is 9.47 Å². The van der Waals surface area contributed by atoms with E-state index in [-0.39, 0.29) is 0 Å². The first-order chi connectivity index (χ1) is 10.1. The first kappa shape index (κ1) is 15.7. The molecule has 0 aromatic rings. The number of rotatable bonds is 6. The minimum atomic E-state index is 0.293. The number of hydrogen-bond donors (Lipinski definition) is 1. The molecule has 0 bridgehead atoms. The van der Waals surface area contributed by atoms with Gasteiger partial charge in [-0.2, -0.15) is 0 Å². The largest absolute Gasteiger partial charge is 0.383 e. The Labute approximate surface area is 129 Å². The molecule has 2 saturated heterocycles. The van der Waals surface area contributed by atoms with Crippen molar-refractivity contribution in [2.75, 3.05) is 40.0 Å². The number of ether oxygens (including phenoxy) is 2. The predicted octanol–water partition coefficient (Wildman–Crippen LogP) is 1.89. The molecule has 4 atom stereocenters. The maximum absolute atomic E-state index is 6.00. The van der Waals surface area contributed by atoms with Gasteiger partial charge in [-0.3, -0.25) is 4.90 Å². The van der Waals surface area contributed by atoms with Gasteiger partial charge in [-0.05, 0) is 32.2 Å². The summed E-state index contributed by atoms with van der Waals surface area (Å²) in [6, 6.07) is 1.33. The van der Waals surface area contributed by atoms with Crippen LogP contribution in [0, 0.1) is 11.3 Å². The fourth-order valence-electron chi connectivity index (χ4n) is 4.83. The van der Waals surface area contributed by atoms with Gasteiger partial charge in [-0.1, -0.05) is 13.8 Å². The first-order valence-corrected chi connectivity index (χ1v) is 8.72. The van der Waals surface area contributed by atoms with Crippen LogP contribution in [-0.4, -0.2) is 63.0 Å². The molecule has 4 nitrogen and oxygen atoms in total. The molecule has 0 aromatic carbocycles. The molecule has 2 heterocycles. The van der Waals surface area contributed by atoms with Gasteiger partial charge in [-0.15, -0.1) is 0 Å². The Morgan fingerprint density at radius 2 is 2.14 bits per heavy atom. The summed E-state index contributed by atoms with van der Waals surface area (Å²) in [5.41, 5.74) is 0.293. The lowest BCUT2D eigenvalue weighted by Gasteiger charge is -2.60. The van der Waals surface area contributed by atoms with E-state index < -0.39 is 0 Å². The number of nitrogens with one attached hydrogen (secondary N) is 1. The van der Waals surface area contributed by atoms with Crippen molar-refractivity contribution in [2.45, 2.75) is 57.7 Å². The number of nitrogens with zero attached hydrogens (tertiary/aromatic N) is 1. The molecule has 3 aliphatic rings. The first-order valence-electron chi connectivity index (χ1n) is 8.72. The smallest absolute Gasteiger partial charge is 0.0684 e. The lowest BCUT2D eigenvalue weighted by molar-refractivity contribution is -0.192. The zero-order chi connectivity index (χ0) is 14.9. The molecule has 1 aliphatic carbocycles. The third-order valence-corrected chi connectivity index (χ3v) is 5.99. The molecular formula is C17H32N2O2. The quantitative estimate of drug-likeness (QED) is 0.811.